The summed E-state index contributed by atoms with van der Waals surface area (Å²) in [6.07, 6.45) is 3.23. The molecule has 0 bridgehead atoms. The molecule has 27 heavy (non-hydrogen) atoms. The van der Waals surface area contributed by atoms with Gasteiger partial charge in [-0.2, -0.15) is 5.10 Å². The molecule has 1 amide bonds. The minimum Gasteiger partial charge on any atom is -0.497 e. The van der Waals surface area contributed by atoms with E-state index in [4.69, 9.17) is 9.47 Å². The number of benzene rings is 1. The van der Waals surface area contributed by atoms with Crippen molar-refractivity contribution in [1.29, 1.82) is 0 Å². The molecule has 0 radical (unpaired) electrons. The van der Waals surface area contributed by atoms with Crippen molar-refractivity contribution >= 4 is 5.91 Å². The number of aromatic nitrogens is 3. The number of amides is 1. The number of aryl methyl sites for hydroxylation is 1. The number of aromatic amines is 2. The maximum Gasteiger partial charge on any atom is 0.340 e. The number of H-pyrrole nitrogens is 2. The molecule has 0 unspecified atom stereocenters. The zero-order valence-electron chi connectivity index (χ0n) is 15.4. The second-order valence-corrected chi connectivity index (χ2v) is 7.12. The number of rotatable bonds is 4. The zero-order chi connectivity index (χ0) is 18.9. The third kappa shape index (κ3) is 3.49. The predicted octanol–water partition coefficient (Wildman–Crippen LogP) is 1.13. The number of carbonyl (C=O) groups excluding carboxylic acids is 1. The first kappa shape index (κ1) is 17.8. The van der Waals surface area contributed by atoms with E-state index in [1.54, 1.807) is 7.11 Å². The van der Waals surface area contributed by atoms with Gasteiger partial charge >= 0.3 is 5.69 Å². The molecule has 1 fully saturated rings. The molecule has 3 heterocycles. The van der Waals surface area contributed by atoms with Crippen LogP contribution in [0.5, 0.6) is 5.75 Å². The summed E-state index contributed by atoms with van der Waals surface area (Å²) >= 11 is 0. The number of nitrogens with one attached hydrogen (secondary N) is 2. The monoisotopic (exact) mass is 372 g/mol. The van der Waals surface area contributed by atoms with E-state index in [9.17, 15) is 9.59 Å². The number of carbonyl (C=O) groups is 1. The molecular formula is C19H24N4O4. The highest BCUT2D eigenvalue weighted by molar-refractivity contribution is 5.76. The van der Waals surface area contributed by atoms with Gasteiger partial charge in [-0.05, 0) is 42.5 Å². The average Bonchev–Trinajstić information content (AvgIpc) is 3.12. The summed E-state index contributed by atoms with van der Waals surface area (Å²) in [4.78, 5) is 28.0. The number of methoxy groups -OCH3 is 1. The maximum absolute atomic E-state index is 12.5. The Morgan fingerprint density at radius 3 is 2.89 bits per heavy atom. The third-order valence-electron chi connectivity index (χ3n) is 5.60. The molecule has 8 nitrogen and oxygen atoms in total. The Kier molecular flexibility index (Phi) is 4.73. The highest BCUT2D eigenvalue weighted by Crippen LogP contribution is 2.42. The van der Waals surface area contributed by atoms with Crippen LogP contribution in [0.25, 0.3) is 0 Å². The fourth-order valence-corrected chi connectivity index (χ4v) is 4.12. The Morgan fingerprint density at radius 1 is 1.37 bits per heavy atom. The second-order valence-electron chi connectivity index (χ2n) is 7.12. The van der Waals surface area contributed by atoms with E-state index in [1.807, 2.05) is 11.0 Å². The van der Waals surface area contributed by atoms with Gasteiger partial charge in [-0.15, -0.1) is 0 Å². The second kappa shape index (κ2) is 7.19. The summed E-state index contributed by atoms with van der Waals surface area (Å²) in [6.45, 7) is 2.03. The molecule has 2 aliphatic rings. The summed E-state index contributed by atoms with van der Waals surface area (Å²) in [5, 5.41) is 6.16. The number of hydrogen-bond acceptors (Lipinski definition) is 5. The molecule has 1 aromatic heterocycles. The lowest BCUT2D eigenvalue weighted by Crippen LogP contribution is -2.48. The van der Waals surface area contributed by atoms with Gasteiger partial charge in [0.05, 0.1) is 19.3 Å². The number of nitrogens with zero attached hydrogens (tertiary/aromatic N) is 2. The van der Waals surface area contributed by atoms with Gasteiger partial charge in [-0.25, -0.2) is 9.89 Å². The van der Waals surface area contributed by atoms with Crippen LogP contribution in [0.1, 0.15) is 36.2 Å². The Balaban J connectivity index is 1.40. The molecule has 8 heteroatoms. The van der Waals surface area contributed by atoms with Crippen LogP contribution in [0.4, 0.5) is 0 Å². The van der Waals surface area contributed by atoms with E-state index in [2.05, 4.69) is 27.3 Å². The minimum absolute atomic E-state index is 0.0828. The Morgan fingerprint density at radius 2 is 2.19 bits per heavy atom. The zero-order valence-corrected chi connectivity index (χ0v) is 15.4. The molecule has 144 valence electrons. The third-order valence-corrected chi connectivity index (χ3v) is 5.60. The highest BCUT2D eigenvalue weighted by atomic mass is 16.5. The summed E-state index contributed by atoms with van der Waals surface area (Å²) in [6, 6.07) is 6.19. The first-order valence-electron chi connectivity index (χ1n) is 9.32. The number of likely N-dealkylation sites (tertiary alicyclic amines) is 1. The van der Waals surface area contributed by atoms with Crippen molar-refractivity contribution < 1.29 is 14.3 Å². The van der Waals surface area contributed by atoms with E-state index >= 15 is 0 Å². The summed E-state index contributed by atoms with van der Waals surface area (Å²) in [5.74, 6) is 1.47. The quantitative estimate of drug-likeness (QED) is 0.838. The van der Waals surface area contributed by atoms with Gasteiger partial charge < -0.3 is 14.4 Å². The van der Waals surface area contributed by atoms with Gasteiger partial charge in [0.25, 0.3) is 0 Å². The highest BCUT2D eigenvalue weighted by Gasteiger charge is 2.41. The smallest absolute Gasteiger partial charge is 0.340 e. The molecule has 2 N–H and O–H groups in total. The molecule has 1 aromatic carbocycles. The van der Waals surface area contributed by atoms with Crippen LogP contribution >= 0.6 is 0 Å². The van der Waals surface area contributed by atoms with Crippen molar-refractivity contribution in [2.75, 3.05) is 26.8 Å². The number of hydrogen-bond donors (Lipinski definition) is 2. The van der Waals surface area contributed by atoms with Crippen molar-refractivity contribution in [2.24, 2.45) is 0 Å². The van der Waals surface area contributed by atoms with Crippen molar-refractivity contribution in [1.82, 2.24) is 20.1 Å². The van der Waals surface area contributed by atoms with Gasteiger partial charge in [0.15, 0.2) is 0 Å². The Hall–Kier alpha value is -2.61. The SMILES string of the molecule is COc1ccc2c(c1)CCOC21CCN(C(=O)CCc2n[nH]c(=O)[nH]2)CC1. The lowest BCUT2D eigenvalue weighted by molar-refractivity contribution is -0.140. The van der Waals surface area contributed by atoms with Crippen LogP contribution in [0.15, 0.2) is 23.0 Å². The van der Waals surface area contributed by atoms with Crippen molar-refractivity contribution in [2.45, 2.75) is 37.7 Å². The van der Waals surface area contributed by atoms with Gasteiger partial charge in [0.2, 0.25) is 5.91 Å². The molecule has 0 saturated carbocycles. The molecule has 4 rings (SSSR count). The van der Waals surface area contributed by atoms with Gasteiger partial charge in [0.1, 0.15) is 11.6 Å². The molecular weight excluding hydrogens is 348 g/mol. The van der Waals surface area contributed by atoms with Crippen LogP contribution in [0, 0.1) is 0 Å². The number of fused-ring (bicyclic) bond motifs is 2. The summed E-state index contributed by atoms with van der Waals surface area (Å²) in [5.41, 5.74) is 1.87. The van der Waals surface area contributed by atoms with E-state index in [0.29, 0.717) is 38.4 Å². The molecule has 2 aromatic rings. The topological polar surface area (TPSA) is 100 Å². The Labute approximate surface area is 156 Å². The van der Waals surface area contributed by atoms with Crippen molar-refractivity contribution in [3.63, 3.8) is 0 Å². The van der Waals surface area contributed by atoms with Crippen LogP contribution in [-0.4, -0.2) is 52.8 Å². The van der Waals surface area contributed by atoms with Gasteiger partial charge in [-0.3, -0.25) is 9.78 Å². The lowest BCUT2D eigenvalue weighted by Gasteiger charge is -2.45. The number of ether oxygens (including phenoxy) is 2. The lowest BCUT2D eigenvalue weighted by atomic mass is 9.79. The van der Waals surface area contributed by atoms with Crippen LogP contribution in [-0.2, 0) is 28.0 Å². The van der Waals surface area contributed by atoms with Gasteiger partial charge in [-0.1, -0.05) is 6.07 Å². The fraction of sp³-hybridized carbons (Fsp3) is 0.526. The average molecular weight is 372 g/mol. The first-order valence-corrected chi connectivity index (χ1v) is 9.32. The largest absolute Gasteiger partial charge is 0.497 e. The summed E-state index contributed by atoms with van der Waals surface area (Å²) in [7, 11) is 1.68. The number of piperidine rings is 1. The van der Waals surface area contributed by atoms with E-state index in [1.165, 1.54) is 11.1 Å². The van der Waals surface area contributed by atoms with E-state index < -0.39 is 0 Å². The molecule has 1 spiro atoms. The van der Waals surface area contributed by atoms with Crippen molar-refractivity contribution in [3.05, 3.63) is 45.6 Å². The van der Waals surface area contributed by atoms with Gasteiger partial charge in [0, 0.05) is 25.9 Å². The fourth-order valence-electron chi connectivity index (χ4n) is 4.12. The Bertz CT molecular complexity index is 880. The van der Waals surface area contributed by atoms with Crippen LogP contribution < -0.4 is 10.4 Å². The standard InChI is InChI=1S/C19H24N4O4/c1-26-14-2-3-15-13(12-14)6-11-27-19(15)7-9-23(10-8-19)17(24)5-4-16-20-18(25)22-21-16/h2-3,12H,4-11H2,1H3,(H2,20,21,22,25). The molecule has 1 saturated heterocycles. The van der Waals surface area contributed by atoms with E-state index in [0.717, 1.165) is 25.0 Å². The molecule has 2 aliphatic heterocycles. The van der Waals surface area contributed by atoms with Crippen molar-refractivity contribution in [3.8, 4) is 5.75 Å². The van der Waals surface area contributed by atoms with Crippen LogP contribution in [0.3, 0.4) is 0 Å². The van der Waals surface area contributed by atoms with Crippen LogP contribution in [0.2, 0.25) is 0 Å². The predicted molar refractivity (Wildman–Crippen MR) is 97.7 cm³/mol. The van der Waals surface area contributed by atoms with E-state index in [-0.39, 0.29) is 17.2 Å². The first-order chi connectivity index (χ1) is 13.1. The maximum atomic E-state index is 12.5. The normalized spacial score (nSPS) is 18.3. The molecule has 0 aliphatic carbocycles. The molecule has 0 atom stereocenters. The minimum atomic E-state index is -0.345. The summed E-state index contributed by atoms with van der Waals surface area (Å²) < 4.78 is 11.6.